The number of anilines is 2. The van der Waals surface area contributed by atoms with Crippen LogP contribution in [0.5, 0.6) is 0 Å². The van der Waals surface area contributed by atoms with Gasteiger partial charge in [-0.05, 0) is 341 Å². The van der Waals surface area contributed by atoms with Crippen LogP contribution in [0.25, 0.3) is 0 Å². The van der Waals surface area contributed by atoms with Crippen LogP contribution in [0.1, 0.15) is 269 Å². The highest BCUT2D eigenvalue weighted by Gasteiger charge is 2.32. The Hall–Kier alpha value is -11.6. The van der Waals surface area contributed by atoms with Gasteiger partial charge in [-0.25, -0.2) is 47.9 Å². The minimum Gasteiger partial charge on any atom is -0.465 e. The summed E-state index contributed by atoms with van der Waals surface area (Å²) in [6.45, 7) is 26.1. The highest BCUT2D eigenvalue weighted by atomic mass is 16.8. The minimum atomic E-state index is -0.726. The van der Waals surface area contributed by atoms with Gasteiger partial charge in [-0.3, -0.25) is 14.9 Å². The lowest BCUT2D eigenvalue weighted by molar-refractivity contribution is -0.144. The van der Waals surface area contributed by atoms with Crippen LogP contribution in [-0.4, -0.2) is 213 Å². The Labute approximate surface area is 815 Å². The van der Waals surface area contributed by atoms with Crippen LogP contribution in [0, 0.1) is 35.5 Å². The monoisotopic (exact) mass is 1930 g/mol. The number of nitrogens with one attached hydrogen (secondary N) is 2. The van der Waals surface area contributed by atoms with E-state index in [1.165, 1.54) is 0 Å². The Kier molecular flexibility index (Phi) is 52.4. The topological polar surface area (TPSA) is 383 Å². The average Bonchev–Trinajstić information content (AvgIpc) is 0.842. The molecule has 3 aliphatic rings. The summed E-state index contributed by atoms with van der Waals surface area (Å²) in [6, 6.07) is 30.6. The zero-order valence-electron chi connectivity index (χ0n) is 82.8. The van der Waals surface area contributed by atoms with Gasteiger partial charge in [0, 0.05) is 33.6 Å². The molecule has 4 aromatic rings. The first kappa shape index (κ1) is 113. The fraction of sp³-hybridized carbons (Fsp3) is 0.623. The molecule has 0 saturated heterocycles. The van der Waals surface area contributed by atoms with Gasteiger partial charge in [0.15, 0.2) is 0 Å². The third kappa shape index (κ3) is 49.1. The number of hydrogen-bond acceptors (Lipinski definition) is 28. The van der Waals surface area contributed by atoms with Crippen molar-refractivity contribution in [2.24, 2.45) is 35.5 Å². The molecule has 0 heterocycles. The molecular formula is C106H152N4O28. The minimum absolute atomic E-state index is 0.0485. The molecule has 32 nitrogen and oxygen atoms in total. The van der Waals surface area contributed by atoms with E-state index in [9.17, 15) is 57.5 Å². The van der Waals surface area contributed by atoms with Crippen LogP contribution in [0.3, 0.4) is 0 Å². The molecule has 0 unspecified atom stereocenters. The van der Waals surface area contributed by atoms with E-state index in [-0.39, 0.29) is 178 Å². The number of unbranched alkanes of at least 4 members (excludes halogenated alkanes) is 12. The molecule has 3 saturated carbocycles. The standard InChI is InChI=1S/C106H152N4O28/c1-77(2)95(113)123-65-55-109(105(5,6)7)93(111)69-83-31-27-79(28-32-83)67-80-29-33-84(34-30-80)70-94(112)133-71-85-35-37-87(38-36-85)73-135-103(121)137-75-89-43-45-90(46-44-89)76-138-104(122)136-74-88-41-39-86(40-42-88)72-134-102(120)132-64-26-18-17-25-63-131-101(119)130-62-24-16-15-23-61-129-100(118)128-60-22-14-13-21-59-127-99(117)126-58-20-12-11-19-57-125-98(116)108-92-53-49-82(50-54-92)68-81-47-51-91(52-48-81)107-97(115)110(106(8,9)10)56-66-124-96(114)78(3)4/h27-34,47-54,85-90H,1,3,11-26,35-46,55-76H2,2,4-10H3,(H,107,115)(H,108,116). The van der Waals surface area contributed by atoms with E-state index in [0.717, 1.165) is 162 Å². The number of nitrogens with zero attached hydrogens (tertiary/aromatic N) is 2. The summed E-state index contributed by atoms with van der Waals surface area (Å²) in [6.07, 6.45) is 18.4. The molecule has 3 fully saturated rings. The van der Waals surface area contributed by atoms with Crippen LogP contribution in [0.2, 0.25) is 0 Å². The summed E-state index contributed by atoms with van der Waals surface area (Å²) in [4.78, 5) is 152. The van der Waals surface area contributed by atoms with Crippen molar-refractivity contribution in [3.63, 3.8) is 0 Å². The lowest BCUT2D eigenvalue weighted by atomic mass is 9.83. The average molecular weight is 1930 g/mol. The second-order valence-corrected chi connectivity index (χ2v) is 38.3. The molecule has 2 N–H and O–H groups in total. The van der Waals surface area contributed by atoms with Crippen LogP contribution < -0.4 is 10.6 Å². The van der Waals surface area contributed by atoms with Crippen molar-refractivity contribution in [2.45, 2.75) is 272 Å². The summed E-state index contributed by atoms with van der Waals surface area (Å²) in [5.74, 6) is -0.0319. The zero-order valence-corrected chi connectivity index (χ0v) is 82.8. The Morgan fingerprint density at radius 2 is 0.522 bits per heavy atom. The molecule has 7 rings (SSSR count). The van der Waals surface area contributed by atoms with Crippen LogP contribution in [-0.2, 0) is 121 Å². The fourth-order valence-corrected chi connectivity index (χ4v) is 16.1. The molecule has 138 heavy (non-hydrogen) atoms. The van der Waals surface area contributed by atoms with Crippen molar-refractivity contribution in [1.29, 1.82) is 0 Å². The van der Waals surface area contributed by atoms with Crippen LogP contribution >= 0.6 is 0 Å². The Bertz CT molecular complexity index is 4350. The van der Waals surface area contributed by atoms with E-state index < -0.39 is 66.0 Å². The second-order valence-electron chi connectivity index (χ2n) is 38.3. The van der Waals surface area contributed by atoms with Gasteiger partial charge < -0.3 is 90.9 Å². The lowest BCUT2D eigenvalue weighted by Crippen LogP contribution is -2.49. The van der Waals surface area contributed by atoms with E-state index in [1.54, 1.807) is 23.6 Å². The molecule has 0 bridgehead atoms. The first-order valence-electron chi connectivity index (χ1n) is 49.5. The Morgan fingerprint density at radius 1 is 0.283 bits per heavy atom. The first-order valence-corrected chi connectivity index (χ1v) is 49.5. The number of benzene rings is 4. The van der Waals surface area contributed by atoms with Gasteiger partial charge in [-0.2, -0.15) is 0 Å². The molecule has 764 valence electrons. The molecule has 0 aliphatic heterocycles. The maximum absolute atomic E-state index is 13.3. The summed E-state index contributed by atoms with van der Waals surface area (Å²) >= 11 is 0. The quantitative estimate of drug-likeness (QED) is 0.0179. The van der Waals surface area contributed by atoms with Gasteiger partial charge in [-0.1, -0.05) is 86.0 Å². The van der Waals surface area contributed by atoms with E-state index in [4.69, 9.17) is 75.8 Å². The smallest absolute Gasteiger partial charge is 0.465 e. The maximum Gasteiger partial charge on any atom is 0.508 e. The third-order valence-electron chi connectivity index (χ3n) is 24.4. The highest BCUT2D eigenvalue weighted by molar-refractivity contribution is 5.90. The number of ether oxygens (including phenoxy) is 16. The van der Waals surface area contributed by atoms with Crippen molar-refractivity contribution in [2.75, 3.05) is 129 Å². The van der Waals surface area contributed by atoms with E-state index >= 15 is 0 Å². The van der Waals surface area contributed by atoms with Crippen LogP contribution in [0.15, 0.2) is 121 Å². The van der Waals surface area contributed by atoms with Crippen LogP contribution in [0.4, 0.5) is 49.7 Å². The number of carbonyl (C=O) groups is 12. The molecule has 0 spiro atoms. The summed E-state index contributed by atoms with van der Waals surface area (Å²) in [7, 11) is 0. The number of amides is 4. The molecule has 0 radical (unpaired) electrons. The number of rotatable bonds is 58. The highest BCUT2D eigenvalue weighted by Crippen LogP contribution is 2.34. The Balaban J connectivity index is 0.555. The van der Waals surface area contributed by atoms with Crippen molar-refractivity contribution < 1.29 is 133 Å². The normalized spacial score (nSPS) is 16.3. The van der Waals surface area contributed by atoms with Crippen molar-refractivity contribution in [3.8, 4) is 0 Å². The van der Waals surface area contributed by atoms with Crippen molar-refractivity contribution in [3.05, 3.63) is 155 Å². The van der Waals surface area contributed by atoms with E-state index in [0.29, 0.717) is 93.3 Å². The predicted octanol–water partition coefficient (Wildman–Crippen LogP) is 21.8. The molecule has 4 amide bonds. The number of esters is 3. The summed E-state index contributed by atoms with van der Waals surface area (Å²) < 4.78 is 85.2. The maximum atomic E-state index is 13.3. The fourth-order valence-electron chi connectivity index (χ4n) is 16.1. The first-order chi connectivity index (χ1) is 66.3. The van der Waals surface area contributed by atoms with Gasteiger partial charge in [0.2, 0.25) is 5.91 Å². The molecule has 0 aromatic heterocycles. The van der Waals surface area contributed by atoms with Crippen molar-refractivity contribution >= 4 is 84.2 Å². The molecule has 0 atom stereocenters. The van der Waals surface area contributed by atoms with Gasteiger partial charge in [-0.15, -0.1) is 0 Å². The molecule has 3 aliphatic carbocycles. The lowest BCUT2D eigenvalue weighted by Gasteiger charge is -2.35. The predicted molar refractivity (Wildman–Crippen MR) is 517 cm³/mol. The molecule has 4 aromatic carbocycles. The van der Waals surface area contributed by atoms with Gasteiger partial charge in [0.1, 0.15) is 13.2 Å². The van der Waals surface area contributed by atoms with E-state index in [1.807, 2.05) is 139 Å². The van der Waals surface area contributed by atoms with E-state index in [2.05, 4.69) is 23.8 Å². The number of hydrogen-bond donors (Lipinski definition) is 2. The van der Waals surface area contributed by atoms with Gasteiger partial charge in [0.25, 0.3) is 0 Å². The Morgan fingerprint density at radius 3 is 0.812 bits per heavy atom. The SMILES string of the molecule is C=C(C)C(=O)OCCN(C(=O)Cc1ccc(Cc2ccc(CC(=O)OCC3CCC(COC(=O)OCC4CCC(COC(=O)OCC5CCC(COC(=O)OCCCCCCOC(=O)OCCCCCCOC(=O)OCCCCCCOC(=O)OCCCCCCOC(=O)Nc6ccc(Cc7ccc(NC(=O)N(CCOC(=O)C(=C)C)C(C)(C)C)cc7)cc6)CC5)CC4)CC3)cc2)cc1)C(C)(C)C. The number of carbonyl (C=O) groups excluding carboxylic acids is 12. The zero-order chi connectivity index (χ0) is 99.7. The summed E-state index contributed by atoms with van der Waals surface area (Å²) in [5.41, 5.74) is 6.87. The van der Waals surface area contributed by atoms with Gasteiger partial charge >= 0.3 is 67.0 Å². The largest absolute Gasteiger partial charge is 0.508 e. The van der Waals surface area contributed by atoms with Crippen molar-refractivity contribution in [1.82, 2.24) is 9.80 Å². The number of urea groups is 1. The van der Waals surface area contributed by atoms with Gasteiger partial charge in [0.05, 0.1) is 118 Å². The molecular weight excluding hydrogens is 1780 g/mol. The summed E-state index contributed by atoms with van der Waals surface area (Å²) in [5, 5.41) is 5.67. The third-order valence-corrected chi connectivity index (χ3v) is 24.4. The second kappa shape index (κ2) is 63.8. The molecule has 32 heteroatoms.